The first kappa shape index (κ1) is 17.2. The zero-order valence-corrected chi connectivity index (χ0v) is 14.6. The van der Waals surface area contributed by atoms with Crippen molar-refractivity contribution in [2.75, 3.05) is 13.2 Å². The van der Waals surface area contributed by atoms with Gasteiger partial charge in [-0.25, -0.2) is 4.79 Å². The molecule has 0 aliphatic rings. The van der Waals surface area contributed by atoms with Gasteiger partial charge in [-0.05, 0) is 43.2 Å². The van der Waals surface area contributed by atoms with Crippen LogP contribution in [-0.2, 0) is 9.47 Å². The monoisotopic (exact) mass is 337 g/mol. The molecule has 4 heteroatoms. The second kappa shape index (κ2) is 7.99. The van der Waals surface area contributed by atoms with Crippen molar-refractivity contribution in [1.82, 2.24) is 4.40 Å². The molecule has 3 rings (SSSR count). The number of aromatic nitrogens is 1. The van der Waals surface area contributed by atoms with E-state index in [4.69, 9.17) is 9.47 Å². The number of fused-ring (bicyclic) bond motifs is 1. The zero-order chi connectivity index (χ0) is 17.6. The predicted octanol–water partition coefficient (Wildman–Crippen LogP) is 4.63. The van der Waals surface area contributed by atoms with E-state index in [0.717, 1.165) is 23.2 Å². The number of carbonyl (C=O) groups is 1. The molecule has 3 aromatic rings. The van der Waals surface area contributed by atoms with E-state index in [-0.39, 0.29) is 12.1 Å². The van der Waals surface area contributed by atoms with Gasteiger partial charge in [0, 0.05) is 18.3 Å². The number of esters is 1. The number of ether oxygens (including phenoxy) is 2. The summed E-state index contributed by atoms with van der Waals surface area (Å²) in [7, 11) is 0. The molecule has 0 aliphatic heterocycles. The lowest BCUT2D eigenvalue weighted by Gasteiger charge is -2.21. The van der Waals surface area contributed by atoms with Crippen LogP contribution in [0.5, 0.6) is 0 Å². The summed E-state index contributed by atoms with van der Waals surface area (Å²) in [5.41, 5.74) is 3.47. The van der Waals surface area contributed by atoms with Crippen molar-refractivity contribution < 1.29 is 14.3 Å². The van der Waals surface area contributed by atoms with Crippen molar-refractivity contribution >= 4 is 11.5 Å². The second-order valence-electron chi connectivity index (χ2n) is 5.85. The van der Waals surface area contributed by atoms with Crippen LogP contribution in [0.3, 0.4) is 0 Å². The highest BCUT2D eigenvalue weighted by atomic mass is 16.5. The third kappa shape index (κ3) is 3.74. The van der Waals surface area contributed by atoms with Crippen LogP contribution in [0.2, 0.25) is 0 Å². The highest BCUT2D eigenvalue weighted by molar-refractivity contribution is 5.91. The number of carbonyl (C=O) groups excluding carboxylic acids is 1. The van der Waals surface area contributed by atoms with Gasteiger partial charge in [0.05, 0.1) is 17.9 Å². The van der Waals surface area contributed by atoms with Crippen LogP contribution >= 0.6 is 0 Å². The van der Waals surface area contributed by atoms with Crippen molar-refractivity contribution in [2.45, 2.75) is 26.4 Å². The van der Waals surface area contributed by atoms with E-state index in [1.807, 2.05) is 67.7 Å². The average Bonchev–Trinajstić information content (AvgIpc) is 3.11. The van der Waals surface area contributed by atoms with Gasteiger partial charge < -0.3 is 13.9 Å². The summed E-state index contributed by atoms with van der Waals surface area (Å²) in [4.78, 5) is 12.3. The summed E-state index contributed by atoms with van der Waals surface area (Å²) in [6, 6.07) is 17.8. The van der Waals surface area contributed by atoms with Crippen LogP contribution in [0.4, 0.5) is 0 Å². The van der Waals surface area contributed by atoms with Gasteiger partial charge in [-0.3, -0.25) is 0 Å². The fourth-order valence-corrected chi connectivity index (χ4v) is 2.93. The van der Waals surface area contributed by atoms with Crippen LogP contribution in [0.1, 0.15) is 48.0 Å². The predicted molar refractivity (Wildman–Crippen MR) is 97.9 cm³/mol. The van der Waals surface area contributed by atoms with Gasteiger partial charge >= 0.3 is 5.97 Å². The number of benzene rings is 1. The summed E-state index contributed by atoms with van der Waals surface area (Å²) in [5.74, 6) is -0.310. The molecule has 130 valence electrons. The van der Waals surface area contributed by atoms with E-state index >= 15 is 0 Å². The summed E-state index contributed by atoms with van der Waals surface area (Å²) in [6.07, 6.45) is 2.67. The maximum atomic E-state index is 12.3. The second-order valence-corrected chi connectivity index (χ2v) is 5.85. The molecule has 1 unspecified atom stereocenters. The van der Waals surface area contributed by atoms with Gasteiger partial charge in [-0.1, -0.05) is 37.3 Å². The molecule has 2 aromatic heterocycles. The fraction of sp³-hybridized carbons (Fsp3) is 0.286. The van der Waals surface area contributed by atoms with Crippen molar-refractivity contribution in [3.05, 3.63) is 77.6 Å². The Kier molecular flexibility index (Phi) is 5.51. The van der Waals surface area contributed by atoms with E-state index in [1.165, 1.54) is 0 Å². The highest BCUT2D eigenvalue weighted by Crippen LogP contribution is 2.28. The Labute approximate surface area is 148 Å². The molecule has 0 spiro atoms. The Morgan fingerprint density at radius 2 is 1.88 bits per heavy atom. The minimum atomic E-state index is -0.310. The molecule has 25 heavy (non-hydrogen) atoms. The van der Waals surface area contributed by atoms with Crippen molar-refractivity contribution in [3.8, 4) is 0 Å². The van der Waals surface area contributed by atoms with Gasteiger partial charge in [0.25, 0.3) is 0 Å². The molecule has 0 aliphatic carbocycles. The Balaban J connectivity index is 2.12. The third-order valence-corrected chi connectivity index (χ3v) is 4.04. The van der Waals surface area contributed by atoms with Gasteiger partial charge in [0.1, 0.15) is 6.10 Å². The zero-order valence-electron chi connectivity index (χ0n) is 14.6. The maximum absolute atomic E-state index is 12.3. The fourth-order valence-electron chi connectivity index (χ4n) is 2.93. The van der Waals surface area contributed by atoms with E-state index in [9.17, 15) is 4.79 Å². The molecule has 0 fully saturated rings. The average molecular weight is 337 g/mol. The summed E-state index contributed by atoms with van der Waals surface area (Å²) < 4.78 is 13.4. The largest absolute Gasteiger partial charge is 0.462 e. The van der Waals surface area contributed by atoms with Crippen LogP contribution < -0.4 is 0 Å². The lowest BCUT2D eigenvalue weighted by Crippen LogP contribution is -2.14. The SMILES string of the molecule is CCCOC(c1ccccc1)c1cc(C(=O)OCC)cc2cccn12. The molecule has 0 amide bonds. The normalized spacial score (nSPS) is 12.2. The lowest BCUT2D eigenvalue weighted by atomic mass is 10.0. The molecular formula is C21H23NO3. The Bertz CT molecular complexity index is 839. The van der Waals surface area contributed by atoms with Gasteiger partial charge in [0.2, 0.25) is 0 Å². The molecule has 0 N–H and O–H groups in total. The van der Waals surface area contributed by atoms with Gasteiger partial charge in [-0.15, -0.1) is 0 Å². The van der Waals surface area contributed by atoms with Gasteiger partial charge in [-0.2, -0.15) is 0 Å². The van der Waals surface area contributed by atoms with Crippen LogP contribution in [0.25, 0.3) is 5.52 Å². The molecule has 1 aromatic carbocycles. The maximum Gasteiger partial charge on any atom is 0.338 e. The first-order chi connectivity index (χ1) is 12.2. The van der Waals surface area contributed by atoms with E-state index in [0.29, 0.717) is 18.8 Å². The molecule has 2 heterocycles. The van der Waals surface area contributed by atoms with Crippen LogP contribution in [0.15, 0.2) is 60.8 Å². The number of nitrogens with zero attached hydrogens (tertiary/aromatic N) is 1. The number of rotatable bonds is 7. The molecule has 0 radical (unpaired) electrons. The third-order valence-electron chi connectivity index (χ3n) is 4.04. The Morgan fingerprint density at radius 1 is 1.08 bits per heavy atom. The first-order valence-corrected chi connectivity index (χ1v) is 8.69. The van der Waals surface area contributed by atoms with Crippen molar-refractivity contribution in [2.24, 2.45) is 0 Å². The first-order valence-electron chi connectivity index (χ1n) is 8.69. The highest BCUT2D eigenvalue weighted by Gasteiger charge is 2.20. The van der Waals surface area contributed by atoms with Crippen LogP contribution in [-0.4, -0.2) is 23.6 Å². The van der Waals surface area contributed by atoms with Crippen molar-refractivity contribution in [3.63, 3.8) is 0 Å². The quantitative estimate of drug-likeness (QED) is 0.590. The Morgan fingerprint density at radius 3 is 2.60 bits per heavy atom. The topological polar surface area (TPSA) is 39.9 Å². The lowest BCUT2D eigenvalue weighted by molar-refractivity contribution is 0.0524. The summed E-state index contributed by atoms with van der Waals surface area (Å²) in [5, 5.41) is 0. The minimum Gasteiger partial charge on any atom is -0.462 e. The van der Waals surface area contributed by atoms with Crippen molar-refractivity contribution in [1.29, 1.82) is 0 Å². The number of pyridine rings is 1. The van der Waals surface area contributed by atoms with E-state index in [2.05, 4.69) is 11.3 Å². The Hall–Kier alpha value is -2.59. The molecule has 0 saturated carbocycles. The molecule has 1 atom stereocenters. The summed E-state index contributed by atoms with van der Waals surface area (Å²) in [6.45, 7) is 4.90. The molecular weight excluding hydrogens is 314 g/mol. The number of hydrogen-bond acceptors (Lipinski definition) is 3. The molecule has 0 saturated heterocycles. The molecule has 4 nitrogen and oxygen atoms in total. The van der Waals surface area contributed by atoms with Gasteiger partial charge in [0.15, 0.2) is 0 Å². The minimum absolute atomic E-state index is 0.245. The number of hydrogen-bond donors (Lipinski definition) is 0. The standard InChI is InChI=1S/C21H23NO3/c1-3-13-25-20(16-9-6-5-7-10-16)19-15-17(21(23)24-4-2)14-18-11-8-12-22(18)19/h5-12,14-15,20H,3-4,13H2,1-2H3. The van der Waals surface area contributed by atoms with E-state index in [1.54, 1.807) is 0 Å². The van der Waals surface area contributed by atoms with E-state index < -0.39 is 0 Å². The molecule has 0 bridgehead atoms. The van der Waals surface area contributed by atoms with Crippen LogP contribution in [0, 0.1) is 0 Å². The summed E-state index contributed by atoms with van der Waals surface area (Å²) >= 11 is 0. The smallest absolute Gasteiger partial charge is 0.338 e.